The van der Waals surface area contributed by atoms with Gasteiger partial charge in [0.05, 0.1) is 5.60 Å². The third-order valence-corrected chi connectivity index (χ3v) is 4.58. The number of hydrogen-bond donors (Lipinski definition) is 2. The first-order valence-electron chi connectivity index (χ1n) is 7.71. The van der Waals surface area contributed by atoms with Crippen LogP contribution in [0.2, 0.25) is 0 Å². The molecule has 0 bridgehead atoms. The van der Waals surface area contributed by atoms with Gasteiger partial charge in [0.15, 0.2) is 11.6 Å². The number of allylic oxidation sites excluding steroid dienone is 4. The second-order valence-electron chi connectivity index (χ2n) is 6.37. The summed E-state index contributed by atoms with van der Waals surface area (Å²) in [5.41, 5.74) is 1.36. The van der Waals surface area contributed by atoms with E-state index in [0.29, 0.717) is 41.7 Å². The maximum Gasteiger partial charge on any atom is 0.220 e. The predicted molar refractivity (Wildman–Crippen MR) is 82.1 cm³/mol. The number of carbonyl (C=O) groups is 3. The van der Waals surface area contributed by atoms with Crippen molar-refractivity contribution < 1.29 is 19.5 Å². The van der Waals surface area contributed by atoms with Gasteiger partial charge in [0.2, 0.25) is 5.91 Å². The fourth-order valence-electron chi connectivity index (χ4n) is 2.55. The molecule has 5 heteroatoms. The fourth-order valence-corrected chi connectivity index (χ4v) is 2.55. The number of rotatable bonds is 6. The Hall–Kier alpha value is -1.75. The normalized spacial score (nSPS) is 20.5. The summed E-state index contributed by atoms with van der Waals surface area (Å²) in [5, 5.41) is 12.4. The van der Waals surface area contributed by atoms with Crippen molar-refractivity contribution in [3.63, 3.8) is 0 Å². The number of amides is 1. The van der Waals surface area contributed by atoms with Gasteiger partial charge in [-0.1, -0.05) is 0 Å². The molecule has 0 spiro atoms. The molecule has 2 aliphatic carbocycles. The number of aliphatic hydroxyl groups is 1. The summed E-state index contributed by atoms with van der Waals surface area (Å²) < 4.78 is 0. The summed E-state index contributed by atoms with van der Waals surface area (Å²) in [4.78, 5) is 36.0. The average molecular weight is 305 g/mol. The summed E-state index contributed by atoms with van der Waals surface area (Å²) in [6.45, 7) is 5.32. The second-order valence-corrected chi connectivity index (χ2v) is 6.37. The van der Waals surface area contributed by atoms with Gasteiger partial charge in [0.1, 0.15) is 0 Å². The van der Waals surface area contributed by atoms with Crippen LogP contribution in [-0.2, 0) is 14.4 Å². The molecule has 0 radical (unpaired) electrons. The van der Waals surface area contributed by atoms with E-state index < -0.39 is 5.60 Å². The molecular weight excluding hydrogens is 282 g/mol. The van der Waals surface area contributed by atoms with Gasteiger partial charge in [-0.2, -0.15) is 0 Å². The Morgan fingerprint density at radius 1 is 1.09 bits per heavy atom. The van der Waals surface area contributed by atoms with Gasteiger partial charge in [0.25, 0.3) is 0 Å². The van der Waals surface area contributed by atoms with E-state index in [1.807, 2.05) is 0 Å². The molecule has 5 nitrogen and oxygen atoms in total. The van der Waals surface area contributed by atoms with E-state index in [9.17, 15) is 19.5 Å². The van der Waals surface area contributed by atoms with Crippen molar-refractivity contribution >= 4 is 17.5 Å². The highest BCUT2D eigenvalue weighted by Gasteiger charge is 2.40. The van der Waals surface area contributed by atoms with Crippen molar-refractivity contribution in [1.29, 1.82) is 0 Å². The Kier molecular flexibility index (Phi) is 4.66. The van der Waals surface area contributed by atoms with Gasteiger partial charge in [-0.3, -0.25) is 14.4 Å². The molecule has 1 fully saturated rings. The molecule has 0 aromatic rings. The molecule has 2 rings (SSSR count). The zero-order valence-corrected chi connectivity index (χ0v) is 13.4. The molecule has 0 aromatic heterocycles. The molecule has 120 valence electrons. The summed E-state index contributed by atoms with van der Waals surface area (Å²) in [7, 11) is 0. The standard InChI is InChI=1S/C17H23NO4/c1-10-11(2)16(21)13(12(3)15(10)20)5-4-6-14(19)18-9-17(22)7-8-17/h22H,4-9H2,1-3H3,(H,18,19). The molecule has 0 aromatic carbocycles. The largest absolute Gasteiger partial charge is 0.388 e. The molecule has 0 aliphatic heterocycles. The molecule has 0 heterocycles. The van der Waals surface area contributed by atoms with E-state index in [1.165, 1.54) is 0 Å². The monoisotopic (exact) mass is 305 g/mol. The maximum atomic E-state index is 12.2. The maximum absolute atomic E-state index is 12.2. The molecule has 2 aliphatic rings. The second kappa shape index (κ2) is 6.16. The highest BCUT2D eigenvalue weighted by atomic mass is 16.3. The molecule has 22 heavy (non-hydrogen) atoms. The minimum Gasteiger partial charge on any atom is -0.388 e. The number of nitrogens with one attached hydrogen (secondary N) is 1. The number of ketones is 2. The lowest BCUT2D eigenvalue weighted by molar-refractivity contribution is -0.122. The summed E-state index contributed by atoms with van der Waals surface area (Å²) in [6, 6.07) is 0. The third kappa shape index (κ3) is 3.53. The minimum atomic E-state index is -0.694. The lowest BCUT2D eigenvalue weighted by Gasteiger charge is -2.18. The zero-order valence-electron chi connectivity index (χ0n) is 13.4. The Morgan fingerprint density at radius 3 is 2.27 bits per heavy atom. The van der Waals surface area contributed by atoms with Gasteiger partial charge in [-0.15, -0.1) is 0 Å². The fraction of sp³-hybridized carbons (Fsp3) is 0.588. The summed E-state index contributed by atoms with van der Waals surface area (Å²) in [5.74, 6) is -0.286. The van der Waals surface area contributed by atoms with Crippen LogP contribution in [0.15, 0.2) is 22.3 Å². The SMILES string of the molecule is CC1=C(C)C(=O)C(CCCC(=O)NCC2(O)CC2)=C(C)C1=O. The molecule has 1 amide bonds. The van der Waals surface area contributed by atoms with Crippen LogP contribution in [0.4, 0.5) is 0 Å². The van der Waals surface area contributed by atoms with Crippen molar-refractivity contribution in [2.24, 2.45) is 0 Å². The van der Waals surface area contributed by atoms with E-state index in [1.54, 1.807) is 20.8 Å². The van der Waals surface area contributed by atoms with E-state index in [2.05, 4.69) is 5.32 Å². The van der Waals surface area contributed by atoms with Crippen molar-refractivity contribution in [2.45, 2.75) is 58.5 Å². The molecule has 0 unspecified atom stereocenters. The third-order valence-electron chi connectivity index (χ3n) is 4.58. The van der Waals surface area contributed by atoms with Crippen LogP contribution >= 0.6 is 0 Å². The quantitative estimate of drug-likeness (QED) is 0.730. The van der Waals surface area contributed by atoms with Crippen LogP contribution in [0.3, 0.4) is 0 Å². The zero-order chi connectivity index (χ0) is 16.5. The average Bonchev–Trinajstić information content (AvgIpc) is 3.23. The van der Waals surface area contributed by atoms with E-state index in [-0.39, 0.29) is 23.9 Å². The summed E-state index contributed by atoms with van der Waals surface area (Å²) in [6.07, 6.45) is 2.71. The van der Waals surface area contributed by atoms with Crippen LogP contribution in [0.1, 0.15) is 52.9 Å². The Balaban J connectivity index is 1.84. The number of hydrogen-bond acceptors (Lipinski definition) is 4. The molecule has 0 saturated heterocycles. The van der Waals surface area contributed by atoms with Crippen LogP contribution in [0.5, 0.6) is 0 Å². The van der Waals surface area contributed by atoms with Crippen molar-refractivity contribution in [3.8, 4) is 0 Å². The van der Waals surface area contributed by atoms with Crippen molar-refractivity contribution in [1.82, 2.24) is 5.32 Å². The van der Waals surface area contributed by atoms with E-state index >= 15 is 0 Å². The van der Waals surface area contributed by atoms with Crippen molar-refractivity contribution in [2.75, 3.05) is 6.54 Å². The van der Waals surface area contributed by atoms with E-state index in [0.717, 1.165) is 12.8 Å². The van der Waals surface area contributed by atoms with Crippen LogP contribution in [0, 0.1) is 0 Å². The molecule has 2 N–H and O–H groups in total. The smallest absolute Gasteiger partial charge is 0.220 e. The highest BCUT2D eigenvalue weighted by Crippen LogP contribution is 2.34. The highest BCUT2D eigenvalue weighted by molar-refractivity contribution is 6.24. The van der Waals surface area contributed by atoms with E-state index in [4.69, 9.17) is 0 Å². The Labute approximate surface area is 130 Å². The van der Waals surface area contributed by atoms with Gasteiger partial charge >= 0.3 is 0 Å². The molecule has 0 atom stereocenters. The van der Waals surface area contributed by atoms with Crippen LogP contribution in [-0.4, -0.2) is 34.7 Å². The lowest BCUT2D eigenvalue weighted by Crippen LogP contribution is -2.33. The van der Waals surface area contributed by atoms with Gasteiger partial charge in [-0.25, -0.2) is 0 Å². The van der Waals surface area contributed by atoms with Gasteiger partial charge in [-0.05, 0) is 46.5 Å². The Bertz CT molecular complexity index is 594. The van der Waals surface area contributed by atoms with Gasteiger partial charge < -0.3 is 10.4 Å². The molecule has 1 saturated carbocycles. The Morgan fingerprint density at radius 2 is 1.68 bits per heavy atom. The van der Waals surface area contributed by atoms with Crippen molar-refractivity contribution in [3.05, 3.63) is 22.3 Å². The first-order valence-corrected chi connectivity index (χ1v) is 7.71. The lowest BCUT2D eigenvalue weighted by atomic mass is 9.84. The van der Waals surface area contributed by atoms with Gasteiger partial charge in [0, 0.05) is 35.3 Å². The minimum absolute atomic E-state index is 0.0764. The topological polar surface area (TPSA) is 83.5 Å². The number of carbonyl (C=O) groups excluding carboxylic acids is 3. The molecular formula is C17H23NO4. The predicted octanol–water partition coefficient (Wildman–Crippen LogP) is 1.60. The van der Waals surface area contributed by atoms with Crippen LogP contribution in [0.25, 0.3) is 0 Å². The first-order chi connectivity index (χ1) is 10.2. The summed E-state index contributed by atoms with van der Waals surface area (Å²) >= 11 is 0. The number of Topliss-reactive ketones (excluding diaryl/α,β-unsaturated/α-hetero) is 2. The first kappa shape index (κ1) is 16.6. The van der Waals surface area contributed by atoms with Crippen LogP contribution < -0.4 is 5.32 Å².